The van der Waals surface area contributed by atoms with E-state index >= 15 is 0 Å². The van der Waals surface area contributed by atoms with Gasteiger partial charge in [-0.05, 0) is 26.3 Å². The maximum absolute atomic E-state index is 4.52. The van der Waals surface area contributed by atoms with Crippen LogP contribution in [0.15, 0.2) is 30.9 Å². The number of nitrogens with zero attached hydrogens (tertiary/aromatic N) is 6. The van der Waals surface area contributed by atoms with E-state index in [-0.39, 0.29) is 12.1 Å². The third-order valence-corrected chi connectivity index (χ3v) is 3.85. The Morgan fingerprint density at radius 1 is 1.27 bits per heavy atom. The van der Waals surface area contributed by atoms with Crippen LogP contribution in [0.25, 0.3) is 5.78 Å². The molecule has 0 spiro atoms. The molecule has 0 aromatic carbocycles. The molecule has 116 valence electrons. The van der Waals surface area contributed by atoms with Crippen LogP contribution in [0.1, 0.15) is 38.9 Å². The normalized spacial score (nSPS) is 14.1. The van der Waals surface area contributed by atoms with E-state index in [9.17, 15) is 0 Å². The molecule has 3 aromatic rings. The highest BCUT2D eigenvalue weighted by Gasteiger charge is 2.16. The Kier molecular flexibility index (Phi) is 4.04. The smallest absolute Gasteiger partial charge is 0.254 e. The lowest BCUT2D eigenvalue weighted by Crippen LogP contribution is -2.28. The summed E-state index contributed by atoms with van der Waals surface area (Å²) in [6, 6.07) is 4.39. The minimum atomic E-state index is 0.184. The number of rotatable bonds is 6. The minimum Gasteiger partial charge on any atom is -0.365 e. The second-order valence-electron chi connectivity index (χ2n) is 5.51. The molecule has 0 fully saturated rings. The summed E-state index contributed by atoms with van der Waals surface area (Å²) in [5.74, 6) is 1.55. The van der Waals surface area contributed by atoms with Gasteiger partial charge in [-0.1, -0.05) is 13.3 Å². The Balaban J connectivity index is 1.87. The molecule has 1 N–H and O–H groups in total. The molecule has 0 aliphatic heterocycles. The van der Waals surface area contributed by atoms with Crippen LogP contribution in [0.3, 0.4) is 0 Å². The highest BCUT2D eigenvalue weighted by atomic mass is 15.4. The number of nitrogens with one attached hydrogen (secondary N) is 1. The molecule has 0 saturated carbocycles. The highest BCUT2D eigenvalue weighted by molar-refractivity contribution is 5.45. The summed E-state index contributed by atoms with van der Waals surface area (Å²) in [6.45, 7) is 6.41. The maximum Gasteiger partial charge on any atom is 0.254 e. The van der Waals surface area contributed by atoms with E-state index in [1.165, 1.54) is 6.33 Å². The zero-order valence-corrected chi connectivity index (χ0v) is 13.1. The van der Waals surface area contributed by atoms with Gasteiger partial charge in [0.05, 0.1) is 6.04 Å². The van der Waals surface area contributed by atoms with Crippen molar-refractivity contribution >= 4 is 11.6 Å². The summed E-state index contributed by atoms with van der Waals surface area (Å²) in [7, 11) is 0. The summed E-state index contributed by atoms with van der Waals surface area (Å²) in [5, 5.41) is 12.1. The van der Waals surface area contributed by atoms with E-state index < -0.39 is 0 Å². The number of hydrogen-bond donors (Lipinski definition) is 1. The maximum atomic E-state index is 4.52. The van der Waals surface area contributed by atoms with Crippen molar-refractivity contribution in [1.82, 2.24) is 29.4 Å². The molecular weight excluding hydrogens is 278 g/mol. The average Bonchev–Trinajstić information content (AvgIpc) is 3.18. The Morgan fingerprint density at radius 3 is 2.86 bits per heavy atom. The van der Waals surface area contributed by atoms with Crippen molar-refractivity contribution in [3.05, 3.63) is 36.5 Å². The van der Waals surface area contributed by atoms with Gasteiger partial charge >= 0.3 is 0 Å². The van der Waals surface area contributed by atoms with Gasteiger partial charge in [0.2, 0.25) is 0 Å². The van der Waals surface area contributed by atoms with E-state index in [1.54, 1.807) is 10.7 Å². The van der Waals surface area contributed by atoms with Crippen molar-refractivity contribution in [1.29, 1.82) is 0 Å². The summed E-state index contributed by atoms with van der Waals surface area (Å²) >= 11 is 0. The first kappa shape index (κ1) is 14.5. The van der Waals surface area contributed by atoms with Gasteiger partial charge in [-0.25, -0.2) is 4.98 Å². The van der Waals surface area contributed by atoms with E-state index in [0.717, 1.165) is 24.4 Å². The van der Waals surface area contributed by atoms with Gasteiger partial charge in [-0.15, -0.1) is 0 Å². The highest BCUT2D eigenvalue weighted by Crippen LogP contribution is 2.17. The van der Waals surface area contributed by atoms with E-state index in [1.807, 2.05) is 16.9 Å². The number of fused-ring (bicyclic) bond motifs is 1. The van der Waals surface area contributed by atoms with E-state index in [2.05, 4.69) is 52.3 Å². The third-order valence-electron chi connectivity index (χ3n) is 3.85. The van der Waals surface area contributed by atoms with Gasteiger partial charge in [0.1, 0.15) is 12.1 Å². The van der Waals surface area contributed by atoms with Crippen LogP contribution < -0.4 is 5.32 Å². The first-order valence-electron chi connectivity index (χ1n) is 7.64. The average molecular weight is 299 g/mol. The number of hydrogen-bond acceptors (Lipinski definition) is 5. The molecule has 3 heterocycles. The molecule has 0 aliphatic carbocycles. The lowest BCUT2D eigenvalue weighted by Gasteiger charge is -2.23. The molecule has 2 atom stereocenters. The van der Waals surface area contributed by atoms with E-state index in [4.69, 9.17) is 0 Å². The van der Waals surface area contributed by atoms with Crippen molar-refractivity contribution in [2.75, 3.05) is 5.32 Å². The molecule has 3 rings (SSSR count). The third kappa shape index (κ3) is 2.79. The largest absolute Gasteiger partial charge is 0.365 e. The second-order valence-corrected chi connectivity index (χ2v) is 5.51. The predicted octanol–water partition coefficient (Wildman–Crippen LogP) is 2.33. The fraction of sp³-hybridized carbons (Fsp3) is 0.467. The van der Waals surface area contributed by atoms with E-state index in [0.29, 0.717) is 5.78 Å². The van der Waals surface area contributed by atoms with Crippen LogP contribution in [-0.4, -0.2) is 35.4 Å². The molecule has 22 heavy (non-hydrogen) atoms. The molecule has 7 heteroatoms. The molecule has 0 radical (unpaired) electrons. The summed E-state index contributed by atoms with van der Waals surface area (Å²) in [5.41, 5.74) is 1.03. The molecule has 3 aromatic heterocycles. The van der Waals surface area contributed by atoms with Crippen molar-refractivity contribution in [2.24, 2.45) is 0 Å². The van der Waals surface area contributed by atoms with Crippen LogP contribution in [0.2, 0.25) is 0 Å². The zero-order chi connectivity index (χ0) is 15.5. The van der Waals surface area contributed by atoms with Crippen LogP contribution in [0.5, 0.6) is 0 Å². The standard InChI is InChI=1S/C15H21N7/c1-4-6-13-9-14(22-15(20-13)16-10-18-22)19-11(2)12(3)21-8-5-7-17-21/h5,7-12,19H,4,6H2,1-3H3/t11-,12-/m1/s1. The lowest BCUT2D eigenvalue weighted by atomic mass is 10.1. The van der Waals surface area contributed by atoms with Crippen LogP contribution >= 0.6 is 0 Å². The monoisotopic (exact) mass is 299 g/mol. The van der Waals surface area contributed by atoms with Crippen LogP contribution in [0, 0.1) is 0 Å². The quantitative estimate of drug-likeness (QED) is 0.756. The minimum absolute atomic E-state index is 0.184. The molecule has 0 saturated heterocycles. The Labute approximate surface area is 129 Å². The zero-order valence-electron chi connectivity index (χ0n) is 13.1. The number of aromatic nitrogens is 6. The van der Waals surface area contributed by atoms with Gasteiger partial charge < -0.3 is 5.32 Å². The first-order valence-corrected chi connectivity index (χ1v) is 7.64. The van der Waals surface area contributed by atoms with Crippen molar-refractivity contribution in [3.8, 4) is 0 Å². The van der Waals surface area contributed by atoms with Crippen LogP contribution in [0.4, 0.5) is 5.82 Å². The lowest BCUT2D eigenvalue weighted by molar-refractivity contribution is 0.442. The first-order chi connectivity index (χ1) is 10.7. The van der Waals surface area contributed by atoms with Crippen molar-refractivity contribution in [2.45, 2.75) is 45.7 Å². The molecule has 0 amide bonds. The van der Waals surface area contributed by atoms with Gasteiger partial charge in [0.15, 0.2) is 0 Å². The molecule has 7 nitrogen and oxygen atoms in total. The Morgan fingerprint density at radius 2 is 2.14 bits per heavy atom. The number of anilines is 1. The molecule has 0 aliphatic rings. The number of aryl methyl sites for hydroxylation is 1. The molecular formula is C15H21N7. The molecule has 0 unspecified atom stereocenters. The topological polar surface area (TPSA) is 72.9 Å². The van der Waals surface area contributed by atoms with Gasteiger partial charge in [-0.3, -0.25) is 4.68 Å². The molecule has 0 bridgehead atoms. The van der Waals surface area contributed by atoms with Gasteiger partial charge in [0.25, 0.3) is 5.78 Å². The second kappa shape index (κ2) is 6.13. The summed E-state index contributed by atoms with van der Waals surface area (Å²) < 4.78 is 3.69. The van der Waals surface area contributed by atoms with Crippen molar-refractivity contribution < 1.29 is 0 Å². The fourth-order valence-corrected chi connectivity index (χ4v) is 2.45. The fourth-order valence-electron chi connectivity index (χ4n) is 2.45. The Hall–Kier alpha value is -2.44. The SMILES string of the molecule is CCCc1cc(N[C@H](C)[C@@H](C)n2cccn2)n2ncnc2n1. The van der Waals surface area contributed by atoms with Gasteiger partial charge in [0, 0.05) is 30.2 Å². The van der Waals surface area contributed by atoms with Crippen LogP contribution in [-0.2, 0) is 6.42 Å². The van der Waals surface area contributed by atoms with Gasteiger partial charge in [-0.2, -0.15) is 19.7 Å². The van der Waals surface area contributed by atoms with Crippen molar-refractivity contribution in [3.63, 3.8) is 0 Å². The predicted molar refractivity (Wildman–Crippen MR) is 84.8 cm³/mol. The summed E-state index contributed by atoms with van der Waals surface area (Å²) in [6.07, 6.45) is 7.29. The summed E-state index contributed by atoms with van der Waals surface area (Å²) in [4.78, 5) is 8.73. The Bertz CT molecular complexity index is 732.